The summed E-state index contributed by atoms with van der Waals surface area (Å²) in [6.07, 6.45) is -5.94. The minimum Gasteiger partial charge on any atom is -0.488 e. The Morgan fingerprint density at radius 1 is 1.08 bits per heavy atom. The fraction of sp³-hybridized carbons (Fsp3) is 0.235. The number of rotatable bonds is 5. The molecule has 8 heteroatoms. The first-order chi connectivity index (χ1) is 11.9. The maximum absolute atomic E-state index is 13.5. The number of aliphatic hydroxyl groups excluding tert-OH is 1. The number of para-hydroxylation sites is 3. The van der Waals surface area contributed by atoms with Gasteiger partial charge < -0.3 is 14.4 Å². The van der Waals surface area contributed by atoms with E-state index in [2.05, 4.69) is 4.98 Å². The number of aliphatic hydroxyl groups is 1. The Balaban J connectivity index is 1.81. The second-order valence-electron chi connectivity index (χ2n) is 5.43. The van der Waals surface area contributed by atoms with Crippen LogP contribution in [-0.4, -0.2) is 27.4 Å². The van der Waals surface area contributed by atoms with Gasteiger partial charge in [0.2, 0.25) is 5.82 Å². The molecule has 0 saturated carbocycles. The first-order valence-electron chi connectivity index (χ1n) is 7.44. The lowest BCUT2D eigenvalue weighted by Crippen LogP contribution is -2.26. The van der Waals surface area contributed by atoms with Gasteiger partial charge in [-0.1, -0.05) is 24.3 Å². The standard InChI is InChI=1S/C17H14F4N2O2/c18-12-5-1-4-8-15(12)25-10-11(24)9-23-14-7-3-2-6-13(14)22-16(23)17(19,20)21/h1-8,11,24H,9-10H2. The highest BCUT2D eigenvalue weighted by atomic mass is 19.4. The third-order valence-electron chi connectivity index (χ3n) is 3.57. The van der Waals surface area contributed by atoms with Gasteiger partial charge in [-0.15, -0.1) is 0 Å². The fourth-order valence-corrected chi connectivity index (χ4v) is 2.49. The van der Waals surface area contributed by atoms with Crippen molar-refractivity contribution in [3.63, 3.8) is 0 Å². The smallest absolute Gasteiger partial charge is 0.449 e. The van der Waals surface area contributed by atoms with E-state index in [1.807, 2.05) is 0 Å². The number of fused-ring (bicyclic) bond motifs is 1. The van der Waals surface area contributed by atoms with Crippen molar-refractivity contribution in [3.8, 4) is 5.75 Å². The zero-order chi connectivity index (χ0) is 18.0. The Kier molecular flexibility index (Phi) is 4.63. The molecule has 3 rings (SSSR count). The van der Waals surface area contributed by atoms with E-state index < -0.39 is 23.9 Å². The first-order valence-corrected chi connectivity index (χ1v) is 7.44. The Labute approximate surface area is 140 Å². The summed E-state index contributed by atoms with van der Waals surface area (Å²) in [5, 5.41) is 10.1. The molecule has 0 fully saturated rings. The van der Waals surface area contributed by atoms with Crippen LogP contribution >= 0.6 is 0 Å². The van der Waals surface area contributed by atoms with Gasteiger partial charge in [0.25, 0.3) is 0 Å². The molecule has 1 unspecified atom stereocenters. The first kappa shape index (κ1) is 17.2. The van der Waals surface area contributed by atoms with Crippen molar-refractivity contribution in [2.75, 3.05) is 6.61 Å². The second kappa shape index (κ2) is 6.72. The molecule has 4 nitrogen and oxygen atoms in total. The quantitative estimate of drug-likeness (QED) is 0.712. The van der Waals surface area contributed by atoms with Crippen molar-refractivity contribution >= 4 is 11.0 Å². The number of alkyl halides is 3. The number of benzene rings is 2. The van der Waals surface area contributed by atoms with E-state index in [4.69, 9.17) is 4.74 Å². The van der Waals surface area contributed by atoms with Crippen LogP contribution in [0.5, 0.6) is 5.75 Å². The van der Waals surface area contributed by atoms with Gasteiger partial charge in [0.1, 0.15) is 12.7 Å². The summed E-state index contributed by atoms with van der Waals surface area (Å²) in [6, 6.07) is 11.7. The predicted molar refractivity (Wildman–Crippen MR) is 82.6 cm³/mol. The molecule has 0 aliphatic heterocycles. The summed E-state index contributed by atoms with van der Waals surface area (Å²) in [4.78, 5) is 3.60. The highest BCUT2D eigenvalue weighted by Gasteiger charge is 2.37. The maximum Gasteiger partial charge on any atom is 0.449 e. The van der Waals surface area contributed by atoms with Crippen LogP contribution in [0, 0.1) is 5.82 Å². The lowest BCUT2D eigenvalue weighted by Gasteiger charge is -2.16. The van der Waals surface area contributed by atoms with Crippen LogP contribution in [0.25, 0.3) is 11.0 Å². The van der Waals surface area contributed by atoms with Crippen molar-refractivity contribution in [1.29, 1.82) is 0 Å². The molecule has 0 spiro atoms. The summed E-state index contributed by atoms with van der Waals surface area (Å²) in [6.45, 7) is -0.742. The van der Waals surface area contributed by atoms with E-state index in [1.165, 1.54) is 30.3 Å². The molecule has 0 bridgehead atoms. The normalized spacial score (nSPS) is 13.2. The van der Waals surface area contributed by atoms with Gasteiger partial charge in [0.15, 0.2) is 11.6 Å². The minimum absolute atomic E-state index is 0.0758. The Morgan fingerprint density at radius 3 is 2.48 bits per heavy atom. The summed E-state index contributed by atoms with van der Waals surface area (Å²) < 4.78 is 59.1. The zero-order valence-electron chi connectivity index (χ0n) is 12.9. The minimum atomic E-state index is -4.66. The van der Waals surface area contributed by atoms with E-state index >= 15 is 0 Å². The molecular formula is C17H14F4N2O2. The van der Waals surface area contributed by atoms with Crippen LogP contribution in [0.3, 0.4) is 0 Å². The van der Waals surface area contributed by atoms with Gasteiger partial charge in [0.05, 0.1) is 17.6 Å². The third-order valence-corrected chi connectivity index (χ3v) is 3.57. The average molecular weight is 354 g/mol. The summed E-state index contributed by atoms with van der Waals surface area (Å²) in [5.74, 6) is -1.79. The van der Waals surface area contributed by atoms with Gasteiger partial charge in [-0.3, -0.25) is 0 Å². The summed E-state index contributed by atoms with van der Waals surface area (Å²) >= 11 is 0. The molecule has 1 atom stereocenters. The van der Waals surface area contributed by atoms with E-state index in [9.17, 15) is 22.7 Å². The lowest BCUT2D eigenvalue weighted by molar-refractivity contribution is -0.147. The molecule has 1 aromatic heterocycles. The van der Waals surface area contributed by atoms with Gasteiger partial charge in [0, 0.05) is 0 Å². The Hall–Kier alpha value is -2.61. The maximum atomic E-state index is 13.5. The molecule has 25 heavy (non-hydrogen) atoms. The van der Waals surface area contributed by atoms with Crippen LogP contribution < -0.4 is 4.74 Å². The number of hydrogen-bond acceptors (Lipinski definition) is 3. The molecule has 0 aliphatic rings. The molecule has 132 valence electrons. The van der Waals surface area contributed by atoms with E-state index in [-0.39, 0.29) is 29.9 Å². The summed E-state index contributed by atoms with van der Waals surface area (Å²) in [5.41, 5.74) is 0.428. The average Bonchev–Trinajstić information content (AvgIpc) is 2.93. The monoisotopic (exact) mass is 354 g/mol. The second-order valence-corrected chi connectivity index (χ2v) is 5.43. The van der Waals surface area contributed by atoms with Gasteiger partial charge in [-0.25, -0.2) is 9.37 Å². The van der Waals surface area contributed by atoms with Crippen molar-refractivity contribution < 1.29 is 27.4 Å². The SMILES string of the molecule is OC(COc1ccccc1F)Cn1c(C(F)(F)F)nc2ccccc21. The van der Waals surface area contributed by atoms with Crippen LogP contribution in [-0.2, 0) is 12.7 Å². The molecule has 0 aliphatic carbocycles. The molecule has 0 saturated heterocycles. The number of ether oxygens (including phenoxy) is 1. The number of aromatic nitrogens is 2. The third kappa shape index (κ3) is 3.74. The van der Waals surface area contributed by atoms with Crippen molar-refractivity contribution in [3.05, 3.63) is 60.2 Å². The molecule has 3 aromatic rings. The molecule has 0 radical (unpaired) electrons. The molecule has 2 aromatic carbocycles. The molecule has 1 heterocycles. The Morgan fingerprint density at radius 2 is 1.76 bits per heavy atom. The van der Waals surface area contributed by atoms with E-state index in [1.54, 1.807) is 18.2 Å². The van der Waals surface area contributed by atoms with Crippen LogP contribution in [0.4, 0.5) is 17.6 Å². The number of nitrogens with zero attached hydrogens (tertiary/aromatic N) is 2. The van der Waals surface area contributed by atoms with Gasteiger partial charge >= 0.3 is 6.18 Å². The molecular weight excluding hydrogens is 340 g/mol. The van der Waals surface area contributed by atoms with E-state index in [0.717, 1.165) is 4.57 Å². The fourth-order valence-electron chi connectivity index (χ4n) is 2.49. The number of imidazole rings is 1. The van der Waals surface area contributed by atoms with E-state index in [0.29, 0.717) is 0 Å². The number of halogens is 4. The molecule has 0 amide bonds. The highest BCUT2D eigenvalue weighted by Crippen LogP contribution is 2.31. The van der Waals surface area contributed by atoms with Crippen molar-refractivity contribution in [1.82, 2.24) is 9.55 Å². The van der Waals surface area contributed by atoms with Gasteiger partial charge in [-0.05, 0) is 24.3 Å². The van der Waals surface area contributed by atoms with Crippen LogP contribution in [0.15, 0.2) is 48.5 Å². The largest absolute Gasteiger partial charge is 0.488 e. The van der Waals surface area contributed by atoms with Crippen LogP contribution in [0.2, 0.25) is 0 Å². The molecule has 1 N–H and O–H groups in total. The lowest BCUT2D eigenvalue weighted by atomic mass is 10.3. The summed E-state index contributed by atoms with van der Waals surface area (Å²) in [7, 11) is 0. The predicted octanol–water partition coefficient (Wildman–Crippen LogP) is 3.63. The number of hydrogen-bond donors (Lipinski definition) is 1. The topological polar surface area (TPSA) is 47.3 Å². The highest BCUT2D eigenvalue weighted by molar-refractivity contribution is 5.76. The van der Waals surface area contributed by atoms with Crippen molar-refractivity contribution in [2.24, 2.45) is 0 Å². The van der Waals surface area contributed by atoms with Gasteiger partial charge in [-0.2, -0.15) is 13.2 Å². The zero-order valence-corrected chi connectivity index (χ0v) is 12.9. The van der Waals surface area contributed by atoms with Crippen LogP contribution in [0.1, 0.15) is 5.82 Å². The Bertz CT molecular complexity index is 876. The van der Waals surface area contributed by atoms with Crippen molar-refractivity contribution in [2.45, 2.75) is 18.8 Å².